The Balaban J connectivity index is 1.84. The number of likely N-dealkylation sites (N-methyl/N-ethyl adjacent to an activating group) is 1. The standard InChI is InChI=1S/C19H27N3S2/c1-4-5-7-15-9-11-16(12-10-15)21-19(23)20-14-17(22(2)3)18-8-6-13-24-18/h6,8-13,17H,4-5,7,14H2,1-3H3,(H2,20,21,23)/t17-/m1/s1. The summed E-state index contributed by atoms with van der Waals surface area (Å²) in [5.41, 5.74) is 2.41. The molecule has 1 atom stereocenters. The van der Waals surface area contributed by atoms with E-state index in [1.54, 1.807) is 11.3 Å². The van der Waals surface area contributed by atoms with Crippen molar-refractivity contribution in [2.24, 2.45) is 0 Å². The molecule has 2 aromatic rings. The van der Waals surface area contributed by atoms with E-state index in [2.05, 4.69) is 78.3 Å². The Morgan fingerprint density at radius 1 is 1.21 bits per heavy atom. The zero-order chi connectivity index (χ0) is 17.4. The van der Waals surface area contributed by atoms with E-state index in [0.717, 1.165) is 18.7 Å². The second-order valence-electron chi connectivity index (χ2n) is 6.13. The Bertz CT molecular complexity index is 606. The van der Waals surface area contributed by atoms with Crippen LogP contribution in [-0.2, 0) is 6.42 Å². The van der Waals surface area contributed by atoms with Gasteiger partial charge in [-0.25, -0.2) is 0 Å². The van der Waals surface area contributed by atoms with E-state index in [1.165, 1.54) is 23.3 Å². The molecule has 0 radical (unpaired) electrons. The molecule has 2 N–H and O–H groups in total. The summed E-state index contributed by atoms with van der Waals surface area (Å²) in [6.07, 6.45) is 3.61. The molecule has 130 valence electrons. The molecule has 1 aromatic carbocycles. The average Bonchev–Trinajstić information content (AvgIpc) is 3.08. The van der Waals surface area contributed by atoms with Crippen LogP contribution in [0.1, 0.15) is 36.2 Å². The second-order valence-corrected chi connectivity index (χ2v) is 7.52. The van der Waals surface area contributed by atoms with Gasteiger partial charge in [0.25, 0.3) is 0 Å². The fraction of sp³-hybridized carbons (Fsp3) is 0.421. The molecule has 0 bridgehead atoms. The monoisotopic (exact) mass is 361 g/mol. The molecule has 5 heteroatoms. The average molecular weight is 362 g/mol. The van der Waals surface area contributed by atoms with Gasteiger partial charge in [-0.15, -0.1) is 11.3 Å². The van der Waals surface area contributed by atoms with Crippen molar-refractivity contribution in [3.8, 4) is 0 Å². The third kappa shape index (κ3) is 5.89. The van der Waals surface area contributed by atoms with Gasteiger partial charge >= 0.3 is 0 Å². The molecule has 0 unspecified atom stereocenters. The number of anilines is 1. The summed E-state index contributed by atoms with van der Waals surface area (Å²) < 4.78 is 0. The highest BCUT2D eigenvalue weighted by molar-refractivity contribution is 7.80. The molecule has 0 aliphatic rings. The third-order valence-corrected chi connectivity index (χ3v) is 5.20. The van der Waals surface area contributed by atoms with Crippen LogP contribution in [0.2, 0.25) is 0 Å². The number of nitrogens with one attached hydrogen (secondary N) is 2. The first-order valence-corrected chi connectivity index (χ1v) is 9.72. The van der Waals surface area contributed by atoms with E-state index in [9.17, 15) is 0 Å². The van der Waals surface area contributed by atoms with Crippen LogP contribution >= 0.6 is 23.6 Å². The van der Waals surface area contributed by atoms with Crippen LogP contribution < -0.4 is 10.6 Å². The lowest BCUT2D eigenvalue weighted by Crippen LogP contribution is -2.36. The molecule has 1 aromatic heterocycles. The predicted octanol–water partition coefficient (Wildman–Crippen LogP) is 4.68. The molecule has 0 aliphatic heterocycles. The summed E-state index contributed by atoms with van der Waals surface area (Å²) in [5, 5.41) is 9.39. The molecule has 24 heavy (non-hydrogen) atoms. The Hall–Kier alpha value is -1.43. The number of nitrogens with zero attached hydrogens (tertiary/aromatic N) is 1. The molecule has 0 aliphatic carbocycles. The minimum Gasteiger partial charge on any atom is -0.360 e. The Morgan fingerprint density at radius 3 is 2.54 bits per heavy atom. The zero-order valence-electron chi connectivity index (χ0n) is 14.7. The van der Waals surface area contributed by atoms with Crippen LogP contribution in [-0.4, -0.2) is 30.7 Å². The molecule has 0 saturated heterocycles. The fourth-order valence-electron chi connectivity index (χ4n) is 2.52. The van der Waals surface area contributed by atoms with Crippen molar-refractivity contribution in [1.29, 1.82) is 0 Å². The first kappa shape index (κ1) is 18.9. The van der Waals surface area contributed by atoms with Crippen LogP contribution in [0.15, 0.2) is 41.8 Å². The van der Waals surface area contributed by atoms with Gasteiger partial charge in [-0.3, -0.25) is 0 Å². The van der Waals surface area contributed by atoms with Gasteiger partial charge in [-0.05, 0) is 68.3 Å². The highest BCUT2D eigenvalue weighted by Gasteiger charge is 2.15. The number of unbranched alkanes of at least 4 members (excludes halogenated alkanes) is 1. The lowest BCUT2D eigenvalue weighted by molar-refractivity contribution is 0.303. The maximum Gasteiger partial charge on any atom is 0.170 e. The van der Waals surface area contributed by atoms with Crippen molar-refractivity contribution in [1.82, 2.24) is 10.2 Å². The molecule has 0 saturated carbocycles. The van der Waals surface area contributed by atoms with Crippen LogP contribution in [0.3, 0.4) is 0 Å². The van der Waals surface area contributed by atoms with E-state index in [4.69, 9.17) is 12.2 Å². The molecule has 3 nitrogen and oxygen atoms in total. The first-order valence-electron chi connectivity index (χ1n) is 8.43. The smallest absolute Gasteiger partial charge is 0.170 e. The Morgan fingerprint density at radius 2 is 1.96 bits per heavy atom. The number of benzene rings is 1. The lowest BCUT2D eigenvalue weighted by Gasteiger charge is -2.24. The summed E-state index contributed by atoms with van der Waals surface area (Å²) in [7, 11) is 4.19. The molecular formula is C19H27N3S2. The molecule has 2 rings (SSSR count). The summed E-state index contributed by atoms with van der Waals surface area (Å²) in [6, 6.07) is 13.1. The SMILES string of the molecule is CCCCc1ccc(NC(=S)NC[C@H](c2cccs2)N(C)C)cc1. The van der Waals surface area contributed by atoms with Crippen LogP contribution in [0.4, 0.5) is 5.69 Å². The lowest BCUT2D eigenvalue weighted by atomic mass is 10.1. The zero-order valence-corrected chi connectivity index (χ0v) is 16.3. The first-order chi connectivity index (χ1) is 11.6. The molecule has 0 fully saturated rings. The van der Waals surface area contributed by atoms with Gasteiger partial charge in [-0.1, -0.05) is 31.5 Å². The number of hydrogen-bond donors (Lipinski definition) is 2. The van der Waals surface area contributed by atoms with Gasteiger partial charge in [0.2, 0.25) is 0 Å². The van der Waals surface area contributed by atoms with Crippen LogP contribution in [0.25, 0.3) is 0 Å². The number of rotatable bonds is 8. The number of hydrogen-bond acceptors (Lipinski definition) is 3. The highest BCUT2D eigenvalue weighted by atomic mass is 32.1. The van der Waals surface area contributed by atoms with Crippen molar-refractivity contribution in [3.63, 3.8) is 0 Å². The van der Waals surface area contributed by atoms with Gasteiger partial charge in [0.05, 0.1) is 6.04 Å². The normalized spacial score (nSPS) is 12.2. The quantitative estimate of drug-likeness (QED) is 0.668. The van der Waals surface area contributed by atoms with Crippen molar-refractivity contribution < 1.29 is 0 Å². The van der Waals surface area contributed by atoms with Crippen LogP contribution in [0.5, 0.6) is 0 Å². The minimum atomic E-state index is 0.321. The van der Waals surface area contributed by atoms with Gasteiger partial charge in [0, 0.05) is 17.1 Å². The summed E-state index contributed by atoms with van der Waals surface area (Å²) in [5.74, 6) is 0. The molecule has 1 heterocycles. The summed E-state index contributed by atoms with van der Waals surface area (Å²) in [6.45, 7) is 3.01. The topological polar surface area (TPSA) is 27.3 Å². The van der Waals surface area contributed by atoms with Crippen LogP contribution in [0, 0.1) is 0 Å². The number of thiophene rings is 1. The van der Waals surface area contributed by atoms with Gasteiger partial charge in [0.15, 0.2) is 5.11 Å². The van der Waals surface area contributed by atoms with E-state index < -0.39 is 0 Å². The Labute approximate surface area is 155 Å². The molecule has 0 amide bonds. The number of thiocarbonyl (C=S) groups is 1. The van der Waals surface area contributed by atoms with Crippen molar-refractivity contribution in [2.45, 2.75) is 32.2 Å². The van der Waals surface area contributed by atoms with Crippen molar-refractivity contribution >= 4 is 34.4 Å². The van der Waals surface area contributed by atoms with Gasteiger partial charge < -0.3 is 15.5 Å². The maximum absolute atomic E-state index is 5.44. The fourth-order valence-corrected chi connectivity index (χ4v) is 3.64. The van der Waals surface area contributed by atoms with Gasteiger partial charge in [-0.2, -0.15) is 0 Å². The van der Waals surface area contributed by atoms with E-state index in [1.807, 2.05) is 0 Å². The largest absolute Gasteiger partial charge is 0.360 e. The van der Waals surface area contributed by atoms with E-state index >= 15 is 0 Å². The third-order valence-electron chi connectivity index (χ3n) is 3.98. The second kappa shape index (κ2) is 9.77. The maximum atomic E-state index is 5.44. The molecular weight excluding hydrogens is 334 g/mol. The minimum absolute atomic E-state index is 0.321. The Kier molecular flexibility index (Phi) is 7.69. The van der Waals surface area contributed by atoms with Crippen molar-refractivity contribution in [3.05, 3.63) is 52.2 Å². The van der Waals surface area contributed by atoms with E-state index in [-0.39, 0.29) is 0 Å². The van der Waals surface area contributed by atoms with Crippen molar-refractivity contribution in [2.75, 3.05) is 26.0 Å². The van der Waals surface area contributed by atoms with Gasteiger partial charge in [0.1, 0.15) is 0 Å². The molecule has 0 spiro atoms. The summed E-state index contributed by atoms with van der Waals surface area (Å²) >= 11 is 7.21. The predicted molar refractivity (Wildman–Crippen MR) is 110 cm³/mol. The highest BCUT2D eigenvalue weighted by Crippen LogP contribution is 2.22. The van der Waals surface area contributed by atoms with E-state index in [0.29, 0.717) is 11.2 Å². The summed E-state index contributed by atoms with van der Waals surface area (Å²) in [4.78, 5) is 3.56. The number of aryl methyl sites for hydroxylation is 1.